The Kier molecular flexibility index (Phi) is 7.53. The number of hydrogen-bond acceptors (Lipinski definition) is 6. The van der Waals surface area contributed by atoms with Crippen molar-refractivity contribution in [3.63, 3.8) is 0 Å². The van der Waals surface area contributed by atoms with Crippen LogP contribution in [0.2, 0.25) is 0 Å². The van der Waals surface area contributed by atoms with E-state index in [-0.39, 0.29) is 17.2 Å². The quantitative estimate of drug-likeness (QED) is 0.582. The van der Waals surface area contributed by atoms with Crippen molar-refractivity contribution in [2.24, 2.45) is 0 Å². The molecule has 1 aliphatic heterocycles. The smallest absolute Gasteiger partial charge is 0.329 e. The van der Waals surface area contributed by atoms with Crippen molar-refractivity contribution < 1.29 is 27.5 Å². The van der Waals surface area contributed by atoms with Crippen LogP contribution in [0.25, 0.3) is 0 Å². The first-order chi connectivity index (χ1) is 13.2. The van der Waals surface area contributed by atoms with E-state index < -0.39 is 34.5 Å². The van der Waals surface area contributed by atoms with E-state index >= 15 is 0 Å². The molecular weight excluding hydrogens is 386 g/mol. The molecule has 0 aliphatic carbocycles. The highest BCUT2D eigenvalue weighted by Gasteiger charge is 2.28. The molecule has 1 aliphatic rings. The van der Waals surface area contributed by atoms with Gasteiger partial charge in [-0.15, -0.1) is 0 Å². The summed E-state index contributed by atoms with van der Waals surface area (Å²) in [6, 6.07) is 5.05. The number of benzene rings is 1. The SMILES string of the molecule is CCCCN(C)S(=O)(=O)c1ccc(NC(=O)COC(=O)[C@H]2CCC(=O)N2)cc1. The Labute approximate surface area is 164 Å². The highest BCUT2D eigenvalue weighted by Crippen LogP contribution is 2.18. The van der Waals surface area contributed by atoms with Gasteiger partial charge in [-0.25, -0.2) is 17.5 Å². The first-order valence-electron chi connectivity index (χ1n) is 9.06. The van der Waals surface area contributed by atoms with Gasteiger partial charge in [0.05, 0.1) is 4.90 Å². The Balaban J connectivity index is 1.87. The fourth-order valence-electron chi connectivity index (χ4n) is 2.62. The minimum absolute atomic E-state index is 0.132. The molecule has 1 atom stereocenters. The molecule has 0 bridgehead atoms. The molecule has 1 heterocycles. The van der Waals surface area contributed by atoms with E-state index in [0.29, 0.717) is 18.7 Å². The van der Waals surface area contributed by atoms with Crippen molar-refractivity contribution in [2.45, 2.75) is 43.5 Å². The van der Waals surface area contributed by atoms with E-state index in [1.807, 2.05) is 6.92 Å². The number of esters is 1. The highest BCUT2D eigenvalue weighted by molar-refractivity contribution is 7.89. The number of unbranched alkanes of at least 4 members (excludes halogenated alkanes) is 1. The summed E-state index contributed by atoms with van der Waals surface area (Å²) in [4.78, 5) is 34.9. The second-order valence-electron chi connectivity index (χ2n) is 6.52. The molecule has 0 saturated carbocycles. The molecule has 10 heteroatoms. The number of carbonyl (C=O) groups is 3. The van der Waals surface area contributed by atoms with Crippen LogP contribution in [0.1, 0.15) is 32.6 Å². The van der Waals surface area contributed by atoms with Gasteiger partial charge in [-0.05, 0) is 37.1 Å². The van der Waals surface area contributed by atoms with Crippen LogP contribution < -0.4 is 10.6 Å². The van der Waals surface area contributed by atoms with E-state index in [4.69, 9.17) is 4.74 Å². The van der Waals surface area contributed by atoms with E-state index in [1.54, 1.807) is 0 Å². The summed E-state index contributed by atoms with van der Waals surface area (Å²) in [5.41, 5.74) is 0.380. The number of sulfonamides is 1. The Bertz CT molecular complexity index is 822. The average molecular weight is 411 g/mol. The fourth-order valence-corrected chi connectivity index (χ4v) is 3.83. The van der Waals surface area contributed by atoms with Crippen LogP contribution in [0.15, 0.2) is 29.2 Å². The van der Waals surface area contributed by atoms with E-state index in [0.717, 1.165) is 12.8 Å². The maximum atomic E-state index is 12.4. The van der Waals surface area contributed by atoms with Gasteiger partial charge in [0.15, 0.2) is 6.61 Å². The number of anilines is 1. The molecule has 2 amide bonds. The third-order valence-corrected chi connectivity index (χ3v) is 6.17. The second kappa shape index (κ2) is 9.65. The topological polar surface area (TPSA) is 122 Å². The van der Waals surface area contributed by atoms with Gasteiger partial charge in [-0.1, -0.05) is 13.3 Å². The Morgan fingerprint density at radius 1 is 1.29 bits per heavy atom. The summed E-state index contributed by atoms with van der Waals surface area (Å²) >= 11 is 0. The summed E-state index contributed by atoms with van der Waals surface area (Å²) in [6.45, 7) is 1.92. The summed E-state index contributed by atoms with van der Waals surface area (Å²) < 4.78 is 31.1. The number of rotatable bonds is 9. The van der Waals surface area contributed by atoms with Gasteiger partial charge >= 0.3 is 5.97 Å². The maximum absolute atomic E-state index is 12.4. The number of nitrogens with zero attached hydrogens (tertiary/aromatic N) is 1. The van der Waals surface area contributed by atoms with Gasteiger partial charge in [-0.3, -0.25) is 9.59 Å². The van der Waals surface area contributed by atoms with Crippen molar-refractivity contribution >= 4 is 33.5 Å². The summed E-state index contributed by atoms with van der Waals surface area (Å²) in [5, 5.41) is 4.99. The lowest BCUT2D eigenvalue weighted by molar-refractivity contribution is -0.149. The first-order valence-corrected chi connectivity index (χ1v) is 10.5. The van der Waals surface area contributed by atoms with Crippen LogP contribution in [0, 0.1) is 0 Å². The van der Waals surface area contributed by atoms with Crippen molar-refractivity contribution in [3.05, 3.63) is 24.3 Å². The van der Waals surface area contributed by atoms with Gasteiger partial charge in [-0.2, -0.15) is 0 Å². The molecule has 1 saturated heterocycles. The number of nitrogens with one attached hydrogen (secondary N) is 2. The van der Waals surface area contributed by atoms with Crippen LogP contribution in [-0.4, -0.2) is 56.7 Å². The molecule has 28 heavy (non-hydrogen) atoms. The van der Waals surface area contributed by atoms with Crippen molar-refractivity contribution in [2.75, 3.05) is 25.5 Å². The average Bonchev–Trinajstić information content (AvgIpc) is 3.11. The molecule has 0 aromatic heterocycles. The van der Waals surface area contributed by atoms with Crippen molar-refractivity contribution in [1.29, 1.82) is 0 Å². The van der Waals surface area contributed by atoms with E-state index in [9.17, 15) is 22.8 Å². The number of hydrogen-bond donors (Lipinski definition) is 2. The lowest BCUT2D eigenvalue weighted by Gasteiger charge is -2.17. The zero-order valence-electron chi connectivity index (χ0n) is 15.9. The third kappa shape index (κ3) is 5.77. The van der Waals surface area contributed by atoms with Gasteiger partial charge in [0.25, 0.3) is 5.91 Å². The minimum atomic E-state index is -3.58. The molecule has 1 aromatic rings. The summed E-state index contributed by atoms with van der Waals surface area (Å²) in [6.07, 6.45) is 2.27. The first kappa shape index (κ1) is 21.8. The molecule has 0 unspecified atom stereocenters. The molecule has 0 radical (unpaired) electrons. The standard InChI is InChI=1S/C18H25N3O6S/c1-3-4-11-21(2)28(25,26)14-7-5-13(6-8-14)19-17(23)12-27-18(24)15-9-10-16(22)20-15/h5-8,15H,3-4,9-12H2,1-2H3,(H,19,23)(H,20,22)/t15-/m1/s1. The van der Waals surface area contributed by atoms with Crippen molar-refractivity contribution in [1.82, 2.24) is 9.62 Å². The molecular formula is C18H25N3O6S. The summed E-state index contributed by atoms with van der Waals surface area (Å²) in [5.74, 6) is -1.44. The van der Waals surface area contributed by atoms with Gasteiger partial charge in [0, 0.05) is 25.7 Å². The fraction of sp³-hybridized carbons (Fsp3) is 0.500. The number of amides is 2. The van der Waals surface area contributed by atoms with Crippen LogP contribution in [0.3, 0.4) is 0 Å². The molecule has 0 spiro atoms. The van der Waals surface area contributed by atoms with Gasteiger partial charge in [0.2, 0.25) is 15.9 Å². The van der Waals surface area contributed by atoms with Crippen molar-refractivity contribution in [3.8, 4) is 0 Å². The monoisotopic (exact) mass is 411 g/mol. The normalized spacial score (nSPS) is 16.7. The minimum Gasteiger partial charge on any atom is -0.454 e. The van der Waals surface area contributed by atoms with Gasteiger partial charge < -0.3 is 15.4 Å². The number of carbonyl (C=O) groups excluding carboxylic acids is 3. The lowest BCUT2D eigenvalue weighted by atomic mass is 10.2. The number of ether oxygens (including phenoxy) is 1. The Hall–Kier alpha value is -2.46. The van der Waals surface area contributed by atoms with Gasteiger partial charge in [0.1, 0.15) is 6.04 Å². The highest BCUT2D eigenvalue weighted by atomic mass is 32.2. The molecule has 2 rings (SSSR count). The zero-order chi connectivity index (χ0) is 20.7. The maximum Gasteiger partial charge on any atom is 0.329 e. The molecule has 9 nitrogen and oxygen atoms in total. The third-order valence-electron chi connectivity index (χ3n) is 4.30. The Morgan fingerprint density at radius 2 is 1.96 bits per heavy atom. The molecule has 2 N–H and O–H groups in total. The van der Waals surface area contributed by atoms with E-state index in [2.05, 4.69) is 10.6 Å². The van der Waals surface area contributed by atoms with Crippen LogP contribution in [-0.2, 0) is 29.1 Å². The molecule has 1 aromatic carbocycles. The summed E-state index contributed by atoms with van der Waals surface area (Å²) in [7, 11) is -2.05. The predicted octanol–water partition coefficient (Wildman–Crippen LogP) is 0.868. The second-order valence-corrected chi connectivity index (χ2v) is 8.56. The van der Waals surface area contributed by atoms with E-state index in [1.165, 1.54) is 35.6 Å². The lowest BCUT2D eigenvalue weighted by Crippen LogP contribution is -2.36. The predicted molar refractivity (Wildman–Crippen MR) is 102 cm³/mol. The molecule has 154 valence electrons. The Morgan fingerprint density at radius 3 is 2.54 bits per heavy atom. The zero-order valence-corrected chi connectivity index (χ0v) is 16.8. The van der Waals surface area contributed by atoms with Crippen LogP contribution >= 0.6 is 0 Å². The molecule has 1 fully saturated rings. The largest absolute Gasteiger partial charge is 0.454 e. The van der Waals surface area contributed by atoms with Crippen LogP contribution in [0.5, 0.6) is 0 Å². The van der Waals surface area contributed by atoms with Crippen LogP contribution in [0.4, 0.5) is 5.69 Å².